The summed E-state index contributed by atoms with van der Waals surface area (Å²) in [6.07, 6.45) is 0. The smallest absolute Gasteiger partial charge is 0.143 e. The van der Waals surface area contributed by atoms with Crippen LogP contribution in [0.3, 0.4) is 0 Å². The predicted molar refractivity (Wildman–Crippen MR) is 189 cm³/mol. The lowest BCUT2D eigenvalue weighted by molar-refractivity contribution is 0.489. The van der Waals surface area contributed by atoms with Crippen LogP contribution in [-0.4, -0.2) is 0 Å². The van der Waals surface area contributed by atoms with Crippen LogP contribution in [0.15, 0.2) is 158 Å². The second kappa shape index (κ2) is 8.62. The molecule has 0 fully saturated rings. The Morgan fingerprint density at radius 1 is 0.391 bits per heavy atom. The Morgan fingerprint density at radius 3 is 1.85 bits per heavy atom. The minimum absolute atomic E-state index is 0.428. The van der Waals surface area contributed by atoms with Gasteiger partial charge < -0.3 is 4.74 Å². The maximum atomic E-state index is 6.80. The number of ether oxygens (including phenoxy) is 1. The van der Waals surface area contributed by atoms with Crippen molar-refractivity contribution in [3.05, 3.63) is 180 Å². The summed E-state index contributed by atoms with van der Waals surface area (Å²) >= 11 is 0. The summed E-state index contributed by atoms with van der Waals surface area (Å²) < 4.78 is 6.80. The molecule has 1 heteroatoms. The molecule has 1 nitrogen and oxygen atoms in total. The molecule has 8 aromatic carbocycles. The summed E-state index contributed by atoms with van der Waals surface area (Å²) in [4.78, 5) is 0. The van der Waals surface area contributed by atoms with Gasteiger partial charge in [0.05, 0.1) is 5.41 Å². The molecule has 0 amide bonds. The number of hydrogen-bond acceptors (Lipinski definition) is 1. The van der Waals surface area contributed by atoms with E-state index < -0.39 is 5.41 Å². The van der Waals surface area contributed by atoms with Crippen molar-refractivity contribution in [2.75, 3.05) is 0 Å². The van der Waals surface area contributed by atoms with Crippen LogP contribution in [-0.2, 0) is 5.41 Å². The fourth-order valence-corrected chi connectivity index (χ4v) is 8.90. The summed E-state index contributed by atoms with van der Waals surface area (Å²) in [5, 5.41) is 4.97. The van der Waals surface area contributed by atoms with E-state index in [0.29, 0.717) is 0 Å². The molecule has 1 heterocycles. The highest BCUT2D eigenvalue weighted by Crippen LogP contribution is 2.64. The zero-order chi connectivity index (χ0) is 30.0. The van der Waals surface area contributed by atoms with Crippen molar-refractivity contribution < 1.29 is 4.74 Å². The SMILES string of the molecule is c1ccc2c(c1)-c1ccccc1C21c2cc(-c3cccc4c3Oc3cccc5cccc-4c35)ccc2-c2ccc3ccccc3c21. The van der Waals surface area contributed by atoms with E-state index in [1.807, 2.05) is 0 Å². The van der Waals surface area contributed by atoms with Crippen molar-refractivity contribution in [3.63, 3.8) is 0 Å². The first-order valence-electron chi connectivity index (χ1n) is 16.0. The fourth-order valence-electron chi connectivity index (χ4n) is 8.90. The van der Waals surface area contributed by atoms with Gasteiger partial charge in [0.2, 0.25) is 0 Å². The fraction of sp³-hybridized carbons (Fsp3) is 0.0222. The number of fused-ring (bicyclic) bond motifs is 14. The Hall–Kier alpha value is -5.92. The molecule has 3 aliphatic rings. The molecule has 0 saturated heterocycles. The zero-order valence-electron chi connectivity index (χ0n) is 24.9. The van der Waals surface area contributed by atoms with E-state index in [2.05, 4.69) is 158 Å². The Balaban J connectivity index is 1.23. The van der Waals surface area contributed by atoms with E-state index in [9.17, 15) is 0 Å². The monoisotopic (exact) mass is 582 g/mol. The third kappa shape index (κ3) is 2.87. The van der Waals surface area contributed by atoms with E-state index in [1.54, 1.807) is 0 Å². The van der Waals surface area contributed by atoms with Gasteiger partial charge in [-0.15, -0.1) is 0 Å². The molecule has 1 spiro atoms. The summed E-state index contributed by atoms with van der Waals surface area (Å²) in [5.74, 6) is 1.85. The maximum Gasteiger partial charge on any atom is 0.143 e. The molecule has 0 N–H and O–H groups in total. The second-order valence-corrected chi connectivity index (χ2v) is 12.8. The van der Waals surface area contributed by atoms with E-state index in [0.717, 1.165) is 22.6 Å². The molecule has 2 aliphatic carbocycles. The van der Waals surface area contributed by atoms with Gasteiger partial charge in [0.15, 0.2) is 0 Å². The molecule has 8 aromatic rings. The van der Waals surface area contributed by atoms with Gasteiger partial charge in [0, 0.05) is 16.5 Å². The van der Waals surface area contributed by atoms with Crippen molar-refractivity contribution in [1.82, 2.24) is 0 Å². The lowest BCUT2D eigenvalue weighted by atomic mass is 9.69. The van der Waals surface area contributed by atoms with E-state index >= 15 is 0 Å². The Kier molecular flexibility index (Phi) is 4.57. The maximum absolute atomic E-state index is 6.80. The normalized spacial score (nSPS) is 14.0. The summed E-state index contributed by atoms with van der Waals surface area (Å²) in [6.45, 7) is 0. The Morgan fingerprint density at radius 2 is 1.00 bits per heavy atom. The van der Waals surface area contributed by atoms with Gasteiger partial charge >= 0.3 is 0 Å². The molecule has 212 valence electrons. The predicted octanol–water partition coefficient (Wildman–Crippen LogP) is 11.8. The number of hydrogen-bond donors (Lipinski definition) is 0. The van der Waals surface area contributed by atoms with Gasteiger partial charge in [-0.3, -0.25) is 0 Å². The lowest BCUT2D eigenvalue weighted by Crippen LogP contribution is -2.26. The minimum atomic E-state index is -0.428. The van der Waals surface area contributed by atoms with E-state index in [-0.39, 0.29) is 0 Å². The van der Waals surface area contributed by atoms with Crippen LogP contribution in [0.4, 0.5) is 0 Å². The summed E-state index contributed by atoms with van der Waals surface area (Å²) in [7, 11) is 0. The first kappa shape index (κ1) is 24.4. The molecular weight excluding hydrogens is 556 g/mol. The summed E-state index contributed by atoms with van der Waals surface area (Å²) in [5.41, 5.74) is 14.9. The largest absolute Gasteiger partial charge is 0.455 e. The van der Waals surface area contributed by atoms with Gasteiger partial charge in [0.1, 0.15) is 11.5 Å². The molecule has 0 saturated carbocycles. The van der Waals surface area contributed by atoms with Crippen LogP contribution in [0.25, 0.3) is 66.1 Å². The van der Waals surface area contributed by atoms with Crippen LogP contribution in [0.1, 0.15) is 22.3 Å². The molecule has 0 atom stereocenters. The van der Waals surface area contributed by atoms with Crippen molar-refractivity contribution in [2.45, 2.75) is 5.41 Å². The number of benzene rings is 8. The van der Waals surface area contributed by atoms with Gasteiger partial charge in [0.25, 0.3) is 0 Å². The minimum Gasteiger partial charge on any atom is -0.455 e. The van der Waals surface area contributed by atoms with Gasteiger partial charge in [-0.25, -0.2) is 0 Å². The van der Waals surface area contributed by atoms with Crippen LogP contribution >= 0.6 is 0 Å². The highest BCUT2D eigenvalue weighted by molar-refractivity contribution is 6.07. The van der Waals surface area contributed by atoms with Gasteiger partial charge in [-0.1, -0.05) is 146 Å². The van der Waals surface area contributed by atoms with Crippen molar-refractivity contribution in [1.29, 1.82) is 0 Å². The first-order chi connectivity index (χ1) is 22.8. The topological polar surface area (TPSA) is 9.23 Å². The molecule has 1 aliphatic heterocycles. The third-order valence-electron chi connectivity index (χ3n) is 10.7. The lowest BCUT2D eigenvalue weighted by Gasteiger charge is -2.32. The van der Waals surface area contributed by atoms with E-state index in [1.165, 1.54) is 77.2 Å². The molecule has 0 aromatic heterocycles. The van der Waals surface area contributed by atoms with Crippen LogP contribution in [0.5, 0.6) is 11.5 Å². The Bertz CT molecular complexity index is 2570. The van der Waals surface area contributed by atoms with Crippen LogP contribution in [0.2, 0.25) is 0 Å². The molecule has 0 radical (unpaired) electrons. The quantitative estimate of drug-likeness (QED) is 0.187. The van der Waals surface area contributed by atoms with E-state index in [4.69, 9.17) is 4.74 Å². The zero-order valence-corrected chi connectivity index (χ0v) is 24.9. The molecule has 0 unspecified atom stereocenters. The standard InChI is InChI=1S/C45H26O/c1-2-13-30-27(10-1)22-25-36-34-24-23-29(31-16-9-18-37-35-17-7-11-28-12-8-21-41(42(28)35)46-44(31)37)26-40(34)45(43(30)36)38-19-5-3-14-32(38)33-15-4-6-20-39(33)45/h1-26H. The first-order valence-corrected chi connectivity index (χ1v) is 16.0. The van der Waals surface area contributed by atoms with Crippen LogP contribution in [0, 0.1) is 0 Å². The molecular formula is C45H26O. The van der Waals surface area contributed by atoms with Gasteiger partial charge in [-0.05, 0) is 83.9 Å². The van der Waals surface area contributed by atoms with Crippen molar-refractivity contribution in [2.24, 2.45) is 0 Å². The Labute approximate surface area is 267 Å². The van der Waals surface area contributed by atoms with Crippen LogP contribution < -0.4 is 4.74 Å². The second-order valence-electron chi connectivity index (χ2n) is 12.8. The van der Waals surface area contributed by atoms with Crippen molar-refractivity contribution in [3.8, 4) is 56.0 Å². The number of para-hydroxylation sites is 1. The van der Waals surface area contributed by atoms with Crippen molar-refractivity contribution >= 4 is 21.5 Å². The summed E-state index contributed by atoms with van der Waals surface area (Å²) in [6, 6.07) is 58.2. The average molecular weight is 583 g/mol. The molecule has 0 bridgehead atoms. The number of rotatable bonds is 1. The average Bonchev–Trinajstić information content (AvgIpc) is 3.59. The van der Waals surface area contributed by atoms with Gasteiger partial charge in [-0.2, -0.15) is 0 Å². The third-order valence-corrected chi connectivity index (χ3v) is 10.7. The molecule has 46 heavy (non-hydrogen) atoms. The molecule has 11 rings (SSSR count). The highest BCUT2D eigenvalue weighted by atomic mass is 16.5. The highest BCUT2D eigenvalue weighted by Gasteiger charge is 2.52.